The van der Waals surface area contributed by atoms with Gasteiger partial charge in [-0.3, -0.25) is 4.79 Å². The van der Waals surface area contributed by atoms with Gasteiger partial charge in [-0.05, 0) is 35.1 Å². The summed E-state index contributed by atoms with van der Waals surface area (Å²) < 4.78 is 6.17. The van der Waals surface area contributed by atoms with Crippen LogP contribution in [0.15, 0.2) is 36.4 Å². The highest BCUT2D eigenvalue weighted by atomic mass is 32.1. The molecule has 1 aliphatic rings. The van der Waals surface area contributed by atoms with Gasteiger partial charge in [-0.15, -0.1) is 11.3 Å². The molecule has 27 heavy (non-hydrogen) atoms. The minimum absolute atomic E-state index is 0.00718. The quantitative estimate of drug-likeness (QED) is 0.781. The Bertz CT molecular complexity index is 819. The fraction of sp³-hybridized carbons (Fsp3) is 0.429. The third kappa shape index (κ3) is 4.76. The van der Waals surface area contributed by atoms with Crippen LogP contribution in [0.3, 0.4) is 0 Å². The largest absolute Gasteiger partial charge is 0.477 e. The van der Waals surface area contributed by atoms with Gasteiger partial charge < -0.3 is 15.2 Å². The number of carboxylic acid groups (broad SMARTS) is 1. The number of benzene rings is 1. The maximum Gasteiger partial charge on any atom is 0.345 e. The van der Waals surface area contributed by atoms with Gasteiger partial charge in [-0.25, -0.2) is 4.79 Å². The van der Waals surface area contributed by atoms with Gasteiger partial charge in [0.15, 0.2) is 0 Å². The van der Waals surface area contributed by atoms with Gasteiger partial charge in [0.25, 0.3) is 0 Å². The molecule has 2 atom stereocenters. The second-order valence-corrected chi connectivity index (χ2v) is 9.01. The van der Waals surface area contributed by atoms with Crippen molar-refractivity contribution in [2.75, 3.05) is 6.61 Å². The van der Waals surface area contributed by atoms with E-state index in [1.165, 1.54) is 16.9 Å². The number of carbonyl (C=O) groups is 2. The summed E-state index contributed by atoms with van der Waals surface area (Å²) >= 11 is 1.22. The predicted octanol–water partition coefficient (Wildman–Crippen LogP) is 4.13. The molecule has 1 amide bonds. The van der Waals surface area contributed by atoms with Crippen molar-refractivity contribution in [2.45, 2.75) is 51.2 Å². The number of carboxylic acids is 1. The van der Waals surface area contributed by atoms with Gasteiger partial charge in [0.05, 0.1) is 12.6 Å². The van der Waals surface area contributed by atoms with E-state index in [1.807, 2.05) is 18.2 Å². The first-order valence-corrected chi connectivity index (χ1v) is 9.90. The van der Waals surface area contributed by atoms with Crippen molar-refractivity contribution in [3.8, 4) is 0 Å². The van der Waals surface area contributed by atoms with Crippen LogP contribution in [0.2, 0.25) is 0 Å². The Morgan fingerprint density at radius 2 is 1.96 bits per heavy atom. The number of thiophene rings is 1. The first-order chi connectivity index (χ1) is 12.7. The monoisotopic (exact) mass is 387 g/mol. The molecule has 0 saturated carbocycles. The van der Waals surface area contributed by atoms with Gasteiger partial charge in [-0.1, -0.05) is 45.0 Å². The van der Waals surface area contributed by atoms with Crippen LogP contribution in [0.4, 0.5) is 0 Å². The van der Waals surface area contributed by atoms with E-state index in [-0.39, 0.29) is 23.5 Å². The van der Waals surface area contributed by atoms with Crippen LogP contribution in [0, 0.1) is 0 Å². The highest BCUT2D eigenvalue weighted by molar-refractivity contribution is 7.14. The minimum atomic E-state index is -0.934. The molecule has 1 aromatic carbocycles. The number of hydrogen-bond donors (Lipinski definition) is 2. The van der Waals surface area contributed by atoms with E-state index in [2.05, 4.69) is 38.2 Å². The van der Waals surface area contributed by atoms with Gasteiger partial charge in [0.1, 0.15) is 11.0 Å². The summed E-state index contributed by atoms with van der Waals surface area (Å²) in [4.78, 5) is 23.8. The minimum Gasteiger partial charge on any atom is -0.477 e. The summed E-state index contributed by atoms with van der Waals surface area (Å²) in [5.41, 5.74) is 2.26. The zero-order chi connectivity index (χ0) is 19.6. The average molecular weight is 388 g/mol. The van der Waals surface area contributed by atoms with E-state index in [1.54, 1.807) is 6.07 Å². The number of amides is 1. The number of nitrogens with one attached hydrogen (secondary N) is 1. The highest BCUT2D eigenvalue weighted by Crippen LogP contribution is 2.33. The molecule has 2 heterocycles. The molecule has 6 heteroatoms. The number of ether oxygens (including phenoxy) is 1. The first-order valence-electron chi connectivity index (χ1n) is 9.08. The summed E-state index contributed by atoms with van der Waals surface area (Å²) in [6, 6.07) is 11.7. The van der Waals surface area contributed by atoms with E-state index < -0.39 is 5.97 Å². The van der Waals surface area contributed by atoms with E-state index in [4.69, 9.17) is 4.74 Å². The van der Waals surface area contributed by atoms with Crippen LogP contribution in [0.5, 0.6) is 0 Å². The van der Waals surface area contributed by atoms with E-state index >= 15 is 0 Å². The molecule has 1 unspecified atom stereocenters. The number of rotatable bonds is 6. The summed E-state index contributed by atoms with van der Waals surface area (Å²) in [5, 5.41) is 12.1. The lowest BCUT2D eigenvalue weighted by atomic mass is 9.86. The lowest BCUT2D eigenvalue weighted by molar-refractivity contribution is -0.119. The molecule has 0 bridgehead atoms. The summed E-state index contributed by atoms with van der Waals surface area (Å²) in [5.74, 6) is -0.880. The third-order valence-electron chi connectivity index (χ3n) is 4.72. The molecule has 1 saturated heterocycles. The molecular weight excluding hydrogens is 362 g/mol. The second-order valence-electron chi connectivity index (χ2n) is 7.90. The van der Waals surface area contributed by atoms with Crippen molar-refractivity contribution in [3.05, 3.63) is 57.3 Å². The van der Waals surface area contributed by atoms with Crippen LogP contribution >= 0.6 is 11.3 Å². The van der Waals surface area contributed by atoms with Crippen LogP contribution < -0.4 is 5.32 Å². The maximum atomic E-state index is 11.4. The average Bonchev–Trinajstić information content (AvgIpc) is 3.24. The van der Waals surface area contributed by atoms with Crippen LogP contribution in [-0.4, -0.2) is 29.6 Å². The van der Waals surface area contributed by atoms with Crippen molar-refractivity contribution in [3.63, 3.8) is 0 Å². The SMILES string of the molecule is CC(C)(C)c1ccc(C(OC[C@@H]2CCC(=O)N2)c2ccc(C(=O)O)s2)cc1. The smallest absolute Gasteiger partial charge is 0.345 e. The summed E-state index contributed by atoms with van der Waals surface area (Å²) in [6.07, 6.45) is 0.940. The van der Waals surface area contributed by atoms with Crippen LogP contribution in [0.25, 0.3) is 0 Å². The molecule has 5 nitrogen and oxygen atoms in total. The van der Waals surface area contributed by atoms with Crippen molar-refractivity contribution < 1.29 is 19.4 Å². The molecule has 0 spiro atoms. The molecular formula is C21H25NO4S. The highest BCUT2D eigenvalue weighted by Gasteiger charge is 2.25. The summed E-state index contributed by atoms with van der Waals surface area (Å²) in [7, 11) is 0. The van der Waals surface area contributed by atoms with Crippen LogP contribution in [0.1, 0.15) is 65.4 Å². The first kappa shape index (κ1) is 19.6. The molecule has 144 valence electrons. The second kappa shape index (κ2) is 7.82. The van der Waals surface area contributed by atoms with Crippen molar-refractivity contribution in [1.82, 2.24) is 5.32 Å². The number of aromatic carboxylic acids is 1. The zero-order valence-electron chi connectivity index (χ0n) is 15.8. The normalized spacial score (nSPS) is 18.3. The molecule has 1 aromatic heterocycles. The molecule has 2 N–H and O–H groups in total. The van der Waals surface area contributed by atoms with Crippen molar-refractivity contribution in [1.29, 1.82) is 0 Å². The molecule has 1 aliphatic heterocycles. The fourth-order valence-corrected chi connectivity index (χ4v) is 4.05. The Labute approximate surface area is 163 Å². The fourth-order valence-electron chi connectivity index (χ4n) is 3.12. The van der Waals surface area contributed by atoms with Gasteiger partial charge in [0.2, 0.25) is 5.91 Å². The van der Waals surface area contributed by atoms with Gasteiger partial charge in [-0.2, -0.15) is 0 Å². The number of carbonyl (C=O) groups excluding carboxylic acids is 1. The zero-order valence-corrected chi connectivity index (χ0v) is 16.6. The number of hydrogen-bond acceptors (Lipinski definition) is 4. The topological polar surface area (TPSA) is 75.6 Å². The maximum absolute atomic E-state index is 11.4. The van der Waals surface area contributed by atoms with Crippen molar-refractivity contribution in [2.24, 2.45) is 0 Å². The predicted molar refractivity (Wildman–Crippen MR) is 105 cm³/mol. The molecule has 2 aromatic rings. The van der Waals surface area contributed by atoms with E-state index in [0.717, 1.165) is 16.9 Å². The van der Waals surface area contributed by atoms with Crippen LogP contribution in [-0.2, 0) is 14.9 Å². The van der Waals surface area contributed by atoms with E-state index in [9.17, 15) is 14.7 Å². The molecule has 0 radical (unpaired) electrons. The van der Waals surface area contributed by atoms with E-state index in [0.29, 0.717) is 17.9 Å². The Hall–Kier alpha value is -2.18. The van der Waals surface area contributed by atoms with Gasteiger partial charge >= 0.3 is 5.97 Å². The lowest BCUT2D eigenvalue weighted by Crippen LogP contribution is -2.30. The van der Waals surface area contributed by atoms with Gasteiger partial charge in [0, 0.05) is 11.3 Å². The van der Waals surface area contributed by atoms with Crippen molar-refractivity contribution >= 4 is 23.2 Å². The Balaban J connectivity index is 1.84. The Kier molecular flexibility index (Phi) is 5.67. The standard InChI is InChI=1S/C21H25NO4S/c1-21(2,3)14-6-4-13(5-7-14)19(16-9-10-17(27-16)20(24)25)26-12-15-8-11-18(23)22-15/h4-7,9-10,15,19H,8,11-12H2,1-3H3,(H,22,23)(H,24,25)/t15-,19?/m0/s1. The summed E-state index contributed by atoms with van der Waals surface area (Å²) in [6.45, 7) is 6.89. The lowest BCUT2D eigenvalue weighted by Gasteiger charge is -2.22. The molecule has 1 fully saturated rings. The molecule has 3 rings (SSSR count). The Morgan fingerprint density at radius 1 is 1.26 bits per heavy atom. The molecule has 0 aliphatic carbocycles. The third-order valence-corrected chi connectivity index (χ3v) is 5.84. The Morgan fingerprint density at radius 3 is 2.48 bits per heavy atom.